The van der Waals surface area contributed by atoms with Crippen LogP contribution >= 0.6 is 0 Å². The van der Waals surface area contributed by atoms with Gasteiger partial charge in [0.25, 0.3) is 0 Å². The summed E-state index contributed by atoms with van der Waals surface area (Å²) >= 11 is 0. The summed E-state index contributed by atoms with van der Waals surface area (Å²) in [5, 5.41) is 23.4. The fraction of sp³-hybridized carbons (Fsp3) is 0.185. The number of nitrogens with zero attached hydrogens (tertiary/aromatic N) is 7. The summed E-state index contributed by atoms with van der Waals surface area (Å²) in [5.41, 5.74) is 6.34. The van der Waals surface area contributed by atoms with E-state index in [1.54, 1.807) is 4.52 Å². The Balaban J connectivity index is 0.000000156. The summed E-state index contributed by atoms with van der Waals surface area (Å²) in [7, 11) is 0. The quantitative estimate of drug-likeness (QED) is 0.128. The third-order valence-electron chi connectivity index (χ3n) is 5.69. The normalized spacial score (nSPS) is 11.0. The van der Waals surface area contributed by atoms with Crippen molar-refractivity contribution in [3.05, 3.63) is 83.4 Å². The molecule has 0 amide bonds. The number of nitrogens with two attached hydrogens (primary N) is 1. The summed E-state index contributed by atoms with van der Waals surface area (Å²) in [6, 6.07) is 22.5. The minimum Gasteiger partial charge on any atom is -0.305 e. The summed E-state index contributed by atoms with van der Waals surface area (Å²) < 4.78 is 1.77. The van der Waals surface area contributed by atoms with Crippen molar-refractivity contribution in [1.82, 2.24) is 25.0 Å². The SMILES string of the molecule is CC.Cc1cc(N=NN)nc2ccc3ccccc3c12.Cc1ccc2c(c1)c(C)cc1nnnn12. The second-order valence-electron chi connectivity index (χ2n) is 7.99. The average molecular weight is 465 g/mol. The molecule has 0 saturated heterocycles. The first-order chi connectivity index (χ1) is 17.0. The molecule has 35 heavy (non-hydrogen) atoms. The Morgan fingerprint density at radius 1 is 0.829 bits per heavy atom. The minimum atomic E-state index is 0.540. The van der Waals surface area contributed by atoms with Gasteiger partial charge in [-0.2, -0.15) is 4.52 Å². The standard InChI is InChI=1S/C14H12N4.C11H10N4.C2H6/c1-9-8-13(17-18-15)16-12-7-6-10-4-2-3-5-11(10)14(9)12;1-7-3-4-10-9(5-7)8(2)6-11-12-13-14-15(10)11;1-2/h2-8H,1H3,(H2,15,16,17);3-6H,1-2H3;1-2H3. The average Bonchev–Trinajstić information content (AvgIpc) is 3.34. The van der Waals surface area contributed by atoms with Gasteiger partial charge in [0.1, 0.15) is 0 Å². The predicted octanol–water partition coefficient (Wildman–Crippen LogP) is 6.57. The maximum absolute atomic E-state index is 5.06. The Morgan fingerprint density at radius 3 is 2.43 bits per heavy atom. The summed E-state index contributed by atoms with van der Waals surface area (Å²) in [4.78, 5) is 4.44. The Labute approximate surface area is 203 Å². The van der Waals surface area contributed by atoms with Gasteiger partial charge >= 0.3 is 0 Å². The topological polar surface area (TPSA) is 107 Å². The third-order valence-corrected chi connectivity index (χ3v) is 5.69. The highest BCUT2D eigenvalue weighted by molar-refractivity contribution is 6.08. The number of rotatable bonds is 1. The monoisotopic (exact) mass is 464 g/mol. The molecule has 0 aliphatic carbocycles. The lowest BCUT2D eigenvalue weighted by atomic mass is 10.0. The van der Waals surface area contributed by atoms with Crippen LogP contribution in [0.4, 0.5) is 5.82 Å². The van der Waals surface area contributed by atoms with Crippen molar-refractivity contribution in [2.45, 2.75) is 34.6 Å². The van der Waals surface area contributed by atoms with E-state index >= 15 is 0 Å². The van der Waals surface area contributed by atoms with E-state index in [4.69, 9.17) is 5.84 Å². The number of tetrazole rings is 1. The highest BCUT2D eigenvalue weighted by Gasteiger charge is 2.07. The van der Waals surface area contributed by atoms with Crippen LogP contribution in [0.3, 0.4) is 0 Å². The van der Waals surface area contributed by atoms with Crippen LogP contribution in [0.5, 0.6) is 0 Å². The van der Waals surface area contributed by atoms with E-state index in [9.17, 15) is 0 Å². The molecule has 6 aromatic rings. The van der Waals surface area contributed by atoms with Gasteiger partial charge in [0.15, 0.2) is 11.5 Å². The van der Waals surface area contributed by atoms with E-state index in [1.165, 1.54) is 27.3 Å². The number of fused-ring (bicyclic) bond motifs is 6. The molecule has 0 radical (unpaired) electrons. The molecule has 0 atom stereocenters. The molecular formula is C27H28N8. The van der Waals surface area contributed by atoms with Crippen molar-refractivity contribution in [2.75, 3.05) is 0 Å². The molecule has 8 nitrogen and oxygen atoms in total. The Hall–Kier alpha value is -4.46. The van der Waals surface area contributed by atoms with Gasteiger partial charge in [-0.05, 0) is 83.4 Å². The molecule has 3 aromatic carbocycles. The number of hydrogen-bond acceptors (Lipinski definition) is 6. The molecule has 2 N–H and O–H groups in total. The fourth-order valence-electron chi connectivity index (χ4n) is 4.18. The van der Waals surface area contributed by atoms with E-state index < -0.39 is 0 Å². The van der Waals surface area contributed by atoms with Crippen LogP contribution < -0.4 is 5.84 Å². The molecular weight excluding hydrogens is 436 g/mol. The molecule has 6 rings (SSSR count). The van der Waals surface area contributed by atoms with Crippen LogP contribution in [0.1, 0.15) is 30.5 Å². The molecule has 8 heteroatoms. The van der Waals surface area contributed by atoms with E-state index in [-0.39, 0.29) is 0 Å². The molecule has 3 aromatic heterocycles. The van der Waals surface area contributed by atoms with E-state index in [1.807, 2.05) is 51.1 Å². The van der Waals surface area contributed by atoms with Gasteiger partial charge in [0.2, 0.25) is 0 Å². The minimum absolute atomic E-state index is 0.540. The number of benzene rings is 3. The molecule has 0 aliphatic heterocycles. The smallest absolute Gasteiger partial charge is 0.180 e. The van der Waals surface area contributed by atoms with Crippen LogP contribution in [-0.2, 0) is 0 Å². The predicted molar refractivity (Wildman–Crippen MR) is 142 cm³/mol. The van der Waals surface area contributed by atoms with Crippen molar-refractivity contribution >= 4 is 44.0 Å². The highest BCUT2D eigenvalue weighted by Crippen LogP contribution is 2.29. The number of pyridine rings is 2. The lowest BCUT2D eigenvalue weighted by Crippen LogP contribution is -1.93. The van der Waals surface area contributed by atoms with Crippen LogP contribution in [0.15, 0.2) is 77.1 Å². The lowest BCUT2D eigenvalue weighted by molar-refractivity contribution is 0.841. The van der Waals surface area contributed by atoms with E-state index in [2.05, 4.69) is 81.1 Å². The summed E-state index contributed by atoms with van der Waals surface area (Å²) in [6.45, 7) is 10.2. The Bertz CT molecular complexity index is 1670. The van der Waals surface area contributed by atoms with Crippen LogP contribution in [0.2, 0.25) is 0 Å². The van der Waals surface area contributed by atoms with Crippen molar-refractivity contribution < 1.29 is 0 Å². The fourth-order valence-corrected chi connectivity index (χ4v) is 4.18. The molecule has 0 spiro atoms. The van der Waals surface area contributed by atoms with Gasteiger partial charge in [0, 0.05) is 10.8 Å². The van der Waals surface area contributed by atoms with Crippen LogP contribution in [0.25, 0.3) is 38.2 Å². The first-order valence-electron chi connectivity index (χ1n) is 11.5. The third kappa shape index (κ3) is 4.63. The molecule has 0 fully saturated rings. The number of aryl methyl sites for hydroxylation is 3. The summed E-state index contributed by atoms with van der Waals surface area (Å²) in [6.07, 6.45) is 0. The van der Waals surface area contributed by atoms with Crippen LogP contribution in [0, 0.1) is 20.8 Å². The van der Waals surface area contributed by atoms with Gasteiger partial charge in [-0.25, -0.2) is 4.98 Å². The first-order valence-corrected chi connectivity index (χ1v) is 11.5. The molecule has 0 bridgehead atoms. The van der Waals surface area contributed by atoms with E-state index in [0.29, 0.717) is 5.82 Å². The molecule has 0 unspecified atom stereocenters. The van der Waals surface area contributed by atoms with Crippen LogP contribution in [-0.4, -0.2) is 25.0 Å². The lowest BCUT2D eigenvalue weighted by Gasteiger charge is -2.06. The second-order valence-corrected chi connectivity index (χ2v) is 7.99. The largest absolute Gasteiger partial charge is 0.305 e. The van der Waals surface area contributed by atoms with Gasteiger partial charge < -0.3 is 5.84 Å². The van der Waals surface area contributed by atoms with Gasteiger partial charge in [-0.15, -0.1) is 10.2 Å². The Morgan fingerprint density at radius 2 is 1.63 bits per heavy atom. The summed E-state index contributed by atoms with van der Waals surface area (Å²) in [5.74, 6) is 5.60. The highest BCUT2D eigenvalue weighted by atomic mass is 15.5. The van der Waals surface area contributed by atoms with Crippen molar-refractivity contribution in [3.63, 3.8) is 0 Å². The zero-order valence-electron chi connectivity index (χ0n) is 20.6. The second kappa shape index (κ2) is 10.2. The van der Waals surface area contributed by atoms with E-state index in [0.717, 1.165) is 27.6 Å². The maximum atomic E-state index is 5.06. The molecule has 0 aliphatic rings. The van der Waals surface area contributed by atoms with Crippen molar-refractivity contribution in [2.24, 2.45) is 16.2 Å². The van der Waals surface area contributed by atoms with Crippen molar-refractivity contribution in [1.29, 1.82) is 0 Å². The van der Waals surface area contributed by atoms with Crippen molar-refractivity contribution in [3.8, 4) is 0 Å². The zero-order valence-corrected chi connectivity index (χ0v) is 20.6. The van der Waals surface area contributed by atoms with Gasteiger partial charge in [0.05, 0.1) is 11.0 Å². The molecule has 3 heterocycles. The Kier molecular flexibility index (Phi) is 6.91. The maximum Gasteiger partial charge on any atom is 0.180 e. The molecule has 0 saturated carbocycles. The number of aromatic nitrogens is 5. The molecule has 176 valence electrons. The van der Waals surface area contributed by atoms with Gasteiger partial charge in [-0.1, -0.05) is 61.0 Å². The van der Waals surface area contributed by atoms with Gasteiger partial charge in [-0.3, -0.25) is 0 Å². The first kappa shape index (κ1) is 23.7. The number of hydrogen-bond donors (Lipinski definition) is 1. The zero-order chi connectivity index (χ0) is 24.9.